The number of likely N-dealkylation sites (tertiary alicyclic amines) is 1. The molecule has 2 aromatic carbocycles. The molecule has 0 aliphatic carbocycles. The van der Waals surface area contributed by atoms with Crippen molar-refractivity contribution in [3.63, 3.8) is 0 Å². The van der Waals surface area contributed by atoms with Gasteiger partial charge in [-0.3, -0.25) is 4.79 Å². The molecule has 7 heteroatoms. The van der Waals surface area contributed by atoms with Gasteiger partial charge in [-0.05, 0) is 23.6 Å². The molecule has 2 aliphatic heterocycles. The van der Waals surface area contributed by atoms with Crippen LogP contribution >= 0.6 is 0 Å². The summed E-state index contributed by atoms with van der Waals surface area (Å²) in [4.78, 5) is 14.3. The Kier molecular flexibility index (Phi) is 4.05. The summed E-state index contributed by atoms with van der Waals surface area (Å²) in [6, 6.07) is 15.6. The zero-order chi connectivity index (χ0) is 19.2. The molecule has 2 heterocycles. The maximum Gasteiger partial charge on any atom is 0.442 e. The van der Waals surface area contributed by atoms with Gasteiger partial charge in [-0.25, -0.2) is 0 Å². The monoisotopic (exact) mass is 373 g/mol. The second kappa shape index (κ2) is 6.18. The second-order valence-corrected chi connectivity index (χ2v) is 7.12. The third-order valence-electron chi connectivity index (χ3n) is 5.44. The van der Waals surface area contributed by atoms with E-state index in [1.807, 2.05) is 18.2 Å². The largest absolute Gasteiger partial charge is 0.442 e. The van der Waals surface area contributed by atoms with Crippen LogP contribution in [0.25, 0.3) is 0 Å². The smallest absolute Gasteiger partial charge is 0.338 e. The second-order valence-electron chi connectivity index (χ2n) is 7.12. The van der Waals surface area contributed by atoms with Crippen LogP contribution in [0.2, 0.25) is 0 Å². The molecule has 0 aromatic heterocycles. The third kappa shape index (κ3) is 3.01. The maximum absolute atomic E-state index is 13.2. The average Bonchev–Trinajstić information content (AvgIpc) is 3.43. The first-order valence-corrected chi connectivity index (χ1v) is 8.77. The van der Waals surface area contributed by atoms with Crippen LogP contribution in [0, 0.1) is 5.92 Å². The van der Waals surface area contributed by atoms with Gasteiger partial charge in [-0.2, -0.15) is 13.2 Å². The molecule has 27 heavy (non-hydrogen) atoms. The summed E-state index contributed by atoms with van der Waals surface area (Å²) in [6.45, 7) is 3.32. The molecule has 0 saturated carbocycles. The molecule has 1 unspecified atom stereocenters. The molecule has 4 rings (SSSR count). The predicted molar refractivity (Wildman–Crippen MR) is 93.3 cm³/mol. The van der Waals surface area contributed by atoms with Gasteiger partial charge >= 0.3 is 11.8 Å². The van der Waals surface area contributed by atoms with E-state index in [4.69, 9.17) is 0 Å². The van der Waals surface area contributed by atoms with Gasteiger partial charge < -0.3 is 4.90 Å². The number of hydrogen-bond acceptors (Lipinski definition) is 3. The Bertz CT molecular complexity index is 883. The van der Waals surface area contributed by atoms with Crippen LogP contribution in [-0.4, -0.2) is 30.1 Å². The lowest BCUT2D eigenvalue weighted by molar-refractivity contribution is -0.166. The standard InChI is InChI=1S/C20H18F3N3O/c1-13(14-6-3-2-4-7-14)16-11-26(12-16)18(27)15-8-5-9-17(10-15)19(24-25-19)20(21,22)23/h2-10,13,16H,11-12H2,1H3. The first kappa shape index (κ1) is 17.7. The lowest BCUT2D eigenvalue weighted by atomic mass is 9.82. The van der Waals surface area contributed by atoms with Crippen LogP contribution in [0.5, 0.6) is 0 Å². The van der Waals surface area contributed by atoms with Gasteiger partial charge in [0, 0.05) is 30.1 Å². The number of nitrogens with zero attached hydrogens (tertiary/aromatic N) is 3. The summed E-state index contributed by atoms with van der Waals surface area (Å²) >= 11 is 0. The molecule has 0 bridgehead atoms. The Labute approximate surface area is 154 Å². The molecular weight excluding hydrogens is 355 g/mol. The van der Waals surface area contributed by atoms with Crippen molar-refractivity contribution in [2.45, 2.75) is 24.7 Å². The van der Waals surface area contributed by atoms with Crippen molar-refractivity contribution in [1.82, 2.24) is 4.90 Å². The van der Waals surface area contributed by atoms with Gasteiger partial charge in [0.25, 0.3) is 5.91 Å². The van der Waals surface area contributed by atoms with Crippen LogP contribution < -0.4 is 0 Å². The first-order valence-electron chi connectivity index (χ1n) is 8.77. The highest BCUT2D eigenvalue weighted by molar-refractivity contribution is 5.95. The van der Waals surface area contributed by atoms with Crippen molar-refractivity contribution in [2.75, 3.05) is 13.1 Å². The highest BCUT2D eigenvalue weighted by Crippen LogP contribution is 2.52. The van der Waals surface area contributed by atoms with E-state index in [1.54, 1.807) is 4.90 Å². The van der Waals surface area contributed by atoms with Crippen molar-refractivity contribution in [3.8, 4) is 0 Å². The number of amides is 1. The molecule has 1 amide bonds. The quantitative estimate of drug-likeness (QED) is 0.763. The van der Waals surface area contributed by atoms with Gasteiger partial charge in [0.15, 0.2) is 0 Å². The Morgan fingerprint density at radius 2 is 1.78 bits per heavy atom. The lowest BCUT2D eigenvalue weighted by Gasteiger charge is -2.42. The molecule has 0 spiro atoms. The average molecular weight is 373 g/mol. The number of hydrogen-bond donors (Lipinski definition) is 0. The van der Waals surface area contributed by atoms with E-state index in [9.17, 15) is 18.0 Å². The molecule has 1 fully saturated rings. The predicted octanol–water partition coefficient (Wildman–Crippen LogP) is 4.74. The van der Waals surface area contributed by atoms with Crippen LogP contribution in [-0.2, 0) is 5.66 Å². The van der Waals surface area contributed by atoms with Gasteiger partial charge in [-0.15, -0.1) is 10.2 Å². The summed E-state index contributed by atoms with van der Waals surface area (Å²) < 4.78 is 39.5. The van der Waals surface area contributed by atoms with Crippen molar-refractivity contribution in [1.29, 1.82) is 0 Å². The van der Waals surface area contributed by atoms with Crippen molar-refractivity contribution >= 4 is 5.91 Å². The van der Waals surface area contributed by atoms with Gasteiger partial charge in [-0.1, -0.05) is 49.4 Å². The minimum atomic E-state index is -4.60. The molecule has 0 radical (unpaired) electrons. The fraction of sp³-hybridized carbons (Fsp3) is 0.350. The number of halogens is 3. The SMILES string of the molecule is CC(c1ccccc1)C1CN(C(=O)c2cccc(C3(C(F)(F)F)N=N3)c2)C1. The minimum absolute atomic E-state index is 0.115. The highest BCUT2D eigenvalue weighted by Gasteiger charge is 2.65. The number of carbonyl (C=O) groups excluding carboxylic acids is 1. The van der Waals surface area contributed by atoms with Crippen LogP contribution in [0.1, 0.15) is 34.3 Å². The fourth-order valence-corrected chi connectivity index (χ4v) is 3.52. The first-order chi connectivity index (χ1) is 12.8. The summed E-state index contributed by atoms with van der Waals surface area (Å²) in [5.74, 6) is 0.403. The topological polar surface area (TPSA) is 45.0 Å². The number of carbonyl (C=O) groups is 1. The Hall–Kier alpha value is -2.70. The van der Waals surface area contributed by atoms with E-state index in [0.717, 1.165) is 0 Å². The summed E-state index contributed by atoms with van der Waals surface area (Å²) in [7, 11) is 0. The van der Waals surface area contributed by atoms with Gasteiger partial charge in [0.05, 0.1) is 0 Å². The van der Waals surface area contributed by atoms with E-state index < -0.39 is 11.8 Å². The molecule has 0 N–H and O–H groups in total. The Balaban J connectivity index is 1.44. The molecule has 1 atom stereocenters. The normalized spacial score (nSPS) is 19.5. The number of alkyl halides is 3. The molecule has 140 valence electrons. The highest BCUT2D eigenvalue weighted by atomic mass is 19.4. The Morgan fingerprint density at radius 1 is 1.11 bits per heavy atom. The maximum atomic E-state index is 13.2. The fourth-order valence-electron chi connectivity index (χ4n) is 3.52. The van der Waals surface area contributed by atoms with E-state index in [-0.39, 0.29) is 17.0 Å². The molecular formula is C20H18F3N3O. The molecule has 4 nitrogen and oxygen atoms in total. The number of rotatable bonds is 4. The van der Waals surface area contributed by atoms with Gasteiger partial charge in [0.2, 0.25) is 0 Å². The van der Waals surface area contributed by atoms with E-state index >= 15 is 0 Å². The van der Waals surface area contributed by atoms with Crippen LogP contribution in [0.3, 0.4) is 0 Å². The summed E-state index contributed by atoms with van der Waals surface area (Å²) in [5.41, 5.74) is -1.15. The zero-order valence-electron chi connectivity index (χ0n) is 14.6. The van der Waals surface area contributed by atoms with Crippen molar-refractivity contribution in [3.05, 3.63) is 71.3 Å². The number of benzene rings is 2. The van der Waals surface area contributed by atoms with Crippen molar-refractivity contribution < 1.29 is 18.0 Å². The van der Waals surface area contributed by atoms with E-state index in [1.165, 1.54) is 29.8 Å². The molecule has 1 saturated heterocycles. The lowest BCUT2D eigenvalue weighted by Crippen LogP contribution is -2.51. The van der Waals surface area contributed by atoms with Crippen molar-refractivity contribution in [2.24, 2.45) is 16.1 Å². The minimum Gasteiger partial charge on any atom is -0.338 e. The van der Waals surface area contributed by atoms with E-state index in [0.29, 0.717) is 24.9 Å². The summed E-state index contributed by atoms with van der Waals surface area (Å²) in [6.07, 6.45) is -4.60. The molecule has 2 aliphatic rings. The van der Waals surface area contributed by atoms with Gasteiger partial charge in [0.1, 0.15) is 0 Å². The zero-order valence-corrected chi connectivity index (χ0v) is 14.6. The van der Waals surface area contributed by atoms with Crippen LogP contribution in [0.4, 0.5) is 13.2 Å². The summed E-state index contributed by atoms with van der Waals surface area (Å²) in [5, 5.41) is 6.40. The Morgan fingerprint density at radius 3 is 2.37 bits per heavy atom. The van der Waals surface area contributed by atoms with E-state index in [2.05, 4.69) is 29.3 Å². The molecule has 2 aromatic rings. The third-order valence-corrected chi connectivity index (χ3v) is 5.44. The van der Waals surface area contributed by atoms with Crippen LogP contribution in [0.15, 0.2) is 64.8 Å².